The normalized spacial score (nSPS) is 11.8. The summed E-state index contributed by atoms with van der Waals surface area (Å²) in [6, 6.07) is 9.14. The first-order valence-corrected chi connectivity index (χ1v) is 10.1. The topological polar surface area (TPSA) is 84.8 Å². The molecule has 2 aromatic carbocycles. The van der Waals surface area contributed by atoms with Gasteiger partial charge in [0.25, 0.3) is 17.9 Å². The van der Waals surface area contributed by atoms with Gasteiger partial charge in [-0.1, -0.05) is 12.1 Å². The van der Waals surface area contributed by atoms with Crippen molar-refractivity contribution in [1.29, 1.82) is 0 Å². The maximum absolute atomic E-state index is 13.7. The van der Waals surface area contributed by atoms with Crippen molar-refractivity contribution >= 4 is 33.5 Å². The van der Waals surface area contributed by atoms with Crippen molar-refractivity contribution in [2.24, 2.45) is 0 Å². The summed E-state index contributed by atoms with van der Waals surface area (Å²) >= 11 is 0. The van der Waals surface area contributed by atoms with Crippen molar-refractivity contribution in [3.05, 3.63) is 83.8 Å². The average Bonchev–Trinajstić information content (AvgIpc) is 3.17. The van der Waals surface area contributed by atoms with Gasteiger partial charge in [-0.05, 0) is 47.8 Å². The van der Waals surface area contributed by atoms with E-state index >= 15 is 0 Å². The van der Waals surface area contributed by atoms with Gasteiger partial charge in [0.15, 0.2) is 0 Å². The van der Waals surface area contributed by atoms with Gasteiger partial charge >= 0.3 is 6.18 Å². The Morgan fingerprint density at radius 2 is 1.88 bits per heavy atom. The van der Waals surface area contributed by atoms with Gasteiger partial charge in [0, 0.05) is 22.2 Å². The van der Waals surface area contributed by atoms with Gasteiger partial charge < -0.3 is 10.3 Å². The van der Waals surface area contributed by atoms with Gasteiger partial charge in [-0.3, -0.25) is 9.78 Å². The van der Waals surface area contributed by atoms with Crippen LogP contribution in [-0.2, 0) is 6.18 Å². The van der Waals surface area contributed by atoms with Crippen molar-refractivity contribution in [2.75, 3.05) is 5.32 Å². The quantitative estimate of drug-likeness (QED) is 0.354. The highest BCUT2D eigenvalue weighted by Crippen LogP contribution is 2.32. The minimum absolute atomic E-state index is 0.261. The number of H-pyrrole nitrogens is 2. The molecular formula is C24H16F4N5O+. The molecule has 0 aliphatic heterocycles. The molecule has 0 unspecified atom stereocenters. The Morgan fingerprint density at radius 1 is 1.06 bits per heavy atom. The van der Waals surface area contributed by atoms with Gasteiger partial charge in [0.2, 0.25) is 0 Å². The molecule has 0 aliphatic carbocycles. The summed E-state index contributed by atoms with van der Waals surface area (Å²) < 4.78 is 52.7. The molecule has 34 heavy (non-hydrogen) atoms. The van der Waals surface area contributed by atoms with Crippen LogP contribution in [-0.4, -0.2) is 20.9 Å². The summed E-state index contributed by atoms with van der Waals surface area (Å²) in [4.78, 5) is 27.3. The smallest absolute Gasteiger partial charge is 0.321 e. The van der Waals surface area contributed by atoms with Crippen LogP contribution in [0.3, 0.4) is 0 Å². The van der Waals surface area contributed by atoms with Crippen LogP contribution in [0.15, 0.2) is 61.2 Å². The van der Waals surface area contributed by atoms with Gasteiger partial charge in [0.05, 0.1) is 28.4 Å². The van der Waals surface area contributed by atoms with Gasteiger partial charge in [0.1, 0.15) is 12.0 Å². The Hall–Kier alpha value is -4.34. The minimum Gasteiger partial charge on any atom is -0.321 e. The van der Waals surface area contributed by atoms with E-state index in [4.69, 9.17) is 0 Å². The molecule has 1 amide bonds. The highest BCUT2D eigenvalue weighted by atomic mass is 19.4. The summed E-state index contributed by atoms with van der Waals surface area (Å²) in [6.45, 7) is 1.80. The number of aromatic amines is 2. The van der Waals surface area contributed by atoms with Crippen LogP contribution in [0, 0.1) is 12.7 Å². The number of alkyl halides is 3. The van der Waals surface area contributed by atoms with E-state index in [1.165, 1.54) is 6.20 Å². The molecule has 3 heterocycles. The summed E-state index contributed by atoms with van der Waals surface area (Å²) in [6.07, 6.45) is 0.0436. The fourth-order valence-corrected chi connectivity index (χ4v) is 3.82. The number of benzene rings is 2. The lowest BCUT2D eigenvalue weighted by Crippen LogP contribution is -2.15. The molecule has 0 saturated heterocycles. The molecule has 0 radical (unpaired) electrons. The molecule has 5 aromatic rings. The van der Waals surface area contributed by atoms with E-state index < -0.39 is 29.0 Å². The molecular weight excluding hydrogens is 450 g/mol. The number of halogens is 4. The number of nitrogens with zero attached hydrogens (tertiary/aromatic N) is 2. The van der Waals surface area contributed by atoms with Crippen LogP contribution < -0.4 is 10.3 Å². The van der Waals surface area contributed by atoms with Crippen LogP contribution >= 0.6 is 0 Å². The third-order valence-electron chi connectivity index (χ3n) is 5.46. The lowest BCUT2D eigenvalue weighted by molar-refractivity contribution is -0.380. The molecule has 3 aromatic heterocycles. The van der Waals surface area contributed by atoms with Crippen LogP contribution in [0.1, 0.15) is 21.6 Å². The number of anilines is 1. The number of amides is 1. The highest BCUT2D eigenvalue weighted by molar-refractivity contribution is 6.07. The third kappa shape index (κ3) is 3.94. The molecule has 0 aliphatic rings. The van der Waals surface area contributed by atoms with E-state index in [1.54, 1.807) is 19.3 Å². The maximum Gasteiger partial charge on any atom is 0.416 e. The zero-order chi connectivity index (χ0) is 24.0. The molecule has 10 heteroatoms. The predicted octanol–water partition coefficient (Wildman–Crippen LogP) is 5.31. The Labute approximate surface area is 189 Å². The van der Waals surface area contributed by atoms with Crippen molar-refractivity contribution in [3.63, 3.8) is 0 Å². The SMILES string of the molecule is Cc1ncc(NC(=O)c2cc(F)cc(C(F)(F)F)c2)cc1-c1ccc2c(c1)[nH]c1nc[nH+]cc12. The van der Waals surface area contributed by atoms with Gasteiger partial charge in [-0.15, -0.1) is 0 Å². The summed E-state index contributed by atoms with van der Waals surface area (Å²) in [5.41, 5.74) is 2.38. The van der Waals surface area contributed by atoms with Crippen molar-refractivity contribution < 1.29 is 27.3 Å². The lowest BCUT2D eigenvalue weighted by Gasteiger charge is -2.12. The number of nitrogens with one attached hydrogen (secondary N) is 3. The molecule has 0 fully saturated rings. The number of rotatable bonds is 3. The lowest BCUT2D eigenvalue weighted by atomic mass is 10.0. The second-order valence-electron chi connectivity index (χ2n) is 7.75. The summed E-state index contributed by atoms with van der Waals surface area (Å²) in [5, 5.41) is 4.42. The van der Waals surface area contributed by atoms with E-state index in [2.05, 4.69) is 25.3 Å². The van der Waals surface area contributed by atoms with Crippen molar-refractivity contribution in [1.82, 2.24) is 15.0 Å². The van der Waals surface area contributed by atoms with Crippen molar-refractivity contribution in [3.8, 4) is 11.1 Å². The minimum atomic E-state index is -4.77. The van der Waals surface area contributed by atoms with Crippen molar-refractivity contribution in [2.45, 2.75) is 13.1 Å². The summed E-state index contributed by atoms with van der Waals surface area (Å²) in [7, 11) is 0. The Kier molecular flexibility index (Phi) is 5.00. The van der Waals surface area contributed by atoms with Crippen LogP contribution in [0.2, 0.25) is 0 Å². The number of carbonyl (C=O) groups is 1. The van der Waals surface area contributed by atoms with E-state index in [9.17, 15) is 22.4 Å². The largest absolute Gasteiger partial charge is 0.416 e. The molecule has 0 spiro atoms. The molecule has 3 N–H and O–H groups in total. The monoisotopic (exact) mass is 466 g/mol. The molecule has 0 bridgehead atoms. The van der Waals surface area contributed by atoms with Crippen LogP contribution in [0.4, 0.5) is 23.2 Å². The molecule has 5 rings (SSSR count). The Bertz CT molecular complexity index is 1580. The molecule has 0 saturated carbocycles. The predicted molar refractivity (Wildman–Crippen MR) is 117 cm³/mol. The fourth-order valence-electron chi connectivity index (χ4n) is 3.82. The number of pyridine rings is 1. The Morgan fingerprint density at radius 3 is 2.68 bits per heavy atom. The average molecular weight is 466 g/mol. The van der Waals surface area contributed by atoms with Crippen LogP contribution in [0.25, 0.3) is 33.1 Å². The fraction of sp³-hybridized carbons (Fsp3) is 0.0833. The Balaban J connectivity index is 1.48. The highest BCUT2D eigenvalue weighted by Gasteiger charge is 2.32. The number of fused-ring (bicyclic) bond motifs is 3. The second kappa shape index (κ2) is 7.91. The van der Waals surface area contributed by atoms with Crippen LogP contribution in [0.5, 0.6) is 0 Å². The molecule has 6 nitrogen and oxygen atoms in total. The zero-order valence-electron chi connectivity index (χ0n) is 17.6. The first-order chi connectivity index (χ1) is 16.2. The molecule has 170 valence electrons. The first-order valence-electron chi connectivity index (χ1n) is 10.1. The molecule has 0 atom stereocenters. The number of hydrogen-bond acceptors (Lipinski definition) is 3. The number of hydrogen-bond donors (Lipinski definition) is 2. The standard InChI is InChI=1S/C24H15F4N5O/c1-12-19(13-2-3-18-20-10-29-11-31-22(20)33-21(18)6-13)8-17(9-30-12)32-23(34)14-4-15(24(26,27)28)7-16(25)5-14/h2-11H,1H3,(H,32,34)(H,29,31,33)/p+1. The van der Waals surface area contributed by atoms with E-state index in [1.807, 2.05) is 24.4 Å². The third-order valence-corrected chi connectivity index (χ3v) is 5.46. The van der Waals surface area contributed by atoms with E-state index in [0.29, 0.717) is 23.4 Å². The maximum atomic E-state index is 13.7. The first kappa shape index (κ1) is 21.5. The van der Waals surface area contributed by atoms with Gasteiger partial charge in [-0.25, -0.2) is 9.37 Å². The number of aromatic nitrogens is 4. The van der Waals surface area contributed by atoms with E-state index in [-0.39, 0.29) is 5.69 Å². The number of aryl methyl sites for hydroxylation is 1. The summed E-state index contributed by atoms with van der Waals surface area (Å²) in [5.74, 6) is -2.03. The van der Waals surface area contributed by atoms with E-state index in [0.717, 1.165) is 33.6 Å². The zero-order valence-corrected chi connectivity index (χ0v) is 17.6. The number of carbonyl (C=O) groups excluding carboxylic acids is 1. The second-order valence-corrected chi connectivity index (χ2v) is 7.75. The van der Waals surface area contributed by atoms with Gasteiger partial charge in [-0.2, -0.15) is 13.2 Å².